The van der Waals surface area contributed by atoms with Crippen molar-refractivity contribution in [1.29, 1.82) is 0 Å². The second-order valence-electron chi connectivity index (χ2n) is 11.4. The molecule has 2 amide bonds. The van der Waals surface area contributed by atoms with Gasteiger partial charge in [0.15, 0.2) is 5.82 Å². The Kier molecular flexibility index (Phi) is 6.92. The normalized spacial score (nSPS) is 15.5. The molecular weight excluding hydrogens is 574 g/mol. The third-order valence-electron chi connectivity index (χ3n) is 8.77. The fourth-order valence-corrected chi connectivity index (χ4v) is 6.36. The molecule has 3 heterocycles. The third-order valence-corrected chi connectivity index (χ3v) is 8.77. The number of carbonyl (C=O) groups excluding carboxylic acids is 2. The fraction of sp³-hybridized carbons (Fsp3) is 0.250. The van der Waals surface area contributed by atoms with Gasteiger partial charge in [-0.05, 0) is 59.6 Å². The quantitative estimate of drug-likeness (QED) is 0.199. The van der Waals surface area contributed by atoms with E-state index in [1.165, 1.54) is 24.3 Å². The number of nitrogens with one attached hydrogen (secondary N) is 3. The number of nitrogens with two attached hydrogens (primary N) is 1. The van der Waals surface area contributed by atoms with Crippen molar-refractivity contribution in [1.82, 2.24) is 35.8 Å². The van der Waals surface area contributed by atoms with Crippen LogP contribution in [0.4, 0.5) is 11.4 Å². The Morgan fingerprint density at radius 1 is 0.978 bits per heavy atom. The average molecular weight is 604 g/mol. The summed E-state index contributed by atoms with van der Waals surface area (Å²) in [6, 6.07) is 11.1. The number of amides is 2. The van der Waals surface area contributed by atoms with Crippen molar-refractivity contribution in [3.63, 3.8) is 0 Å². The standard InChI is InChI=1S/C32H29N9O4/c1-16-20-6-7-23(22(20)5-4-21(16)30-37-15-38-40-30)39-32(45)25-11-24(35-14-36-25)31(44)34-12-17-2-3-18-8-9-41(13-19(18)10-17)27-26(33)28(42)29(27)43/h2-5,10-11,14-15,23H,6-9,12-13,33H2,1H3,(H,34,44)(H,39,45)(H,37,38,40)/t23-/m0/s1. The van der Waals surface area contributed by atoms with Crippen molar-refractivity contribution in [2.24, 2.45) is 0 Å². The van der Waals surface area contributed by atoms with Crippen LogP contribution in [-0.2, 0) is 25.9 Å². The van der Waals surface area contributed by atoms with Gasteiger partial charge >= 0.3 is 0 Å². The maximum atomic E-state index is 13.2. The molecule has 2 aliphatic rings. The number of hydrogen-bond donors (Lipinski definition) is 4. The lowest BCUT2D eigenvalue weighted by Gasteiger charge is -2.32. The molecule has 0 bridgehead atoms. The molecule has 0 saturated heterocycles. The Bertz CT molecular complexity index is 2050. The highest BCUT2D eigenvalue weighted by Gasteiger charge is 2.29. The second kappa shape index (κ2) is 11.1. The maximum Gasteiger partial charge on any atom is 0.270 e. The van der Waals surface area contributed by atoms with Gasteiger partial charge in [0.25, 0.3) is 22.7 Å². The molecule has 2 aromatic heterocycles. The van der Waals surface area contributed by atoms with Gasteiger partial charge < -0.3 is 21.3 Å². The number of nitrogen functional groups attached to an aromatic ring is 1. The van der Waals surface area contributed by atoms with E-state index in [1.807, 2.05) is 42.2 Å². The van der Waals surface area contributed by atoms with E-state index >= 15 is 0 Å². The largest absolute Gasteiger partial charge is 0.394 e. The lowest BCUT2D eigenvalue weighted by Crippen LogP contribution is -2.44. The van der Waals surface area contributed by atoms with E-state index in [1.54, 1.807) is 0 Å². The van der Waals surface area contributed by atoms with Crippen LogP contribution in [0.15, 0.2) is 58.6 Å². The van der Waals surface area contributed by atoms with Crippen molar-refractivity contribution in [3.05, 3.63) is 114 Å². The summed E-state index contributed by atoms with van der Waals surface area (Å²) in [5, 5.41) is 12.8. The Morgan fingerprint density at radius 3 is 2.58 bits per heavy atom. The number of benzene rings is 2. The number of aromatic amines is 1. The fourth-order valence-electron chi connectivity index (χ4n) is 6.36. The molecule has 13 heteroatoms. The van der Waals surface area contributed by atoms with Gasteiger partial charge in [0, 0.05) is 31.3 Å². The van der Waals surface area contributed by atoms with Gasteiger partial charge in [-0.15, -0.1) is 0 Å². The SMILES string of the molecule is Cc1c(-c2ncn[nH]2)ccc2c1CC[C@@H]2NC(=O)c1cc(C(=O)NCc2ccc3c(c2)CN(c2c(N)c(=O)c2=O)CC3)ncn1. The van der Waals surface area contributed by atoms with Crippen LogP contribution >= 0.6 is 0 Å². The summed E-state index contributed by atoms with van der Waals surface area (Å²) in [6.07, 6.45) is 4.96. The lowest BCUT2D eigenvalue weighted by atomic mass is 9.96. The number of carbonyl (C=O) groups is 2. The first-order valence-corrected chi connectivity index (χ1v) is 14.6. The molecule has 0 radical (unpaired) electrons. The number of nitrogens with zero attached hydrogens (tertiary/aromatic N) is 5. The van der Waals surface area contributed by atoms with E-state index in [0.717, 1.165) is 46.2 Å². The summed E-state index contributed by atoms with van der Waals surface area (Å²) in [7, 11) is 0. The Balaban J connectivity index is 0.994. The molecule has 226 valence electrons. The minimum absolute atomic E-state index is 0.0191. The van der Waals surface area contributed by atoms with E-state index < -0.39 is 16.8 Å². The molecule has 1 aliphatic carbocycles. The summed E-state index contributed by atoms with van der Waals surface area (Å²) in [5.41, 5.74) is 12.4. The summed E-state index contributed by atoms with van der Waals surface area (Å²) in [6.45, 7) is 3.32. The minimum atomic E-state index is -0.630. The van der Waals surface area contributed by atoms with Crippen LogP contribution in [0, 0.1) is 6.92 Å². The molecule has 7 rings (SSSR count). The Labute approximate surface area is 256 Å². The summed E-state index contributed by atoms with van der Waals surface area (Å²) in [4.78, 5) is 64.1. The van der Waals surface area contributed by atoms with Crippen LogP contribution in [0.1, 0.15) is 66.8 Å². The number of H-pyrrole nitrogens is 1. The third kappa shape index (κ3) is 5.01. The van der Waals surface area contributed by atoms with Crippen molar-refractivity contribution < 1.29 is 9.59 Å². The first-order chi connectivity index (χ1) is 21.8. The molecule has 5 N–H and O–H groups in total. The van der Waals surface area contributed by atoms with Gasteiger partial charge in [0.1, 0.15) is 35.4 Å². The summed E-state index contributed by atoms with van der Waals surface area (Å²) < 4.78 is 0. The predicted molar refractivity (Wildman–Crippen MR) is 165 cm³/mol. The van der Waals surface area contributed by atoms with Crippen molar-refractivity contribution in [2.75, 3.05) is 17.2 Å². The van der Waals surface area contributed by atoms with Gasteiger partial charge in [-0.1, -0.05) is 30.3 Å². The molecule has 5 aromatic rings. The molecule has 13 nitrogen and oxygen atoms in total. The van der Waals surface area contributed by atoms with E-state index in [2.05, 4.69) is 35.8 Å². The highest BCUT2D eigenvalue weighted by Crippen LogP contribution is 2.37. The van der Waals surface area contributed by atoms with Crippen molar-refractivity contribution in [2.45, 2.75) is 45.3 Å². The van der Waals surface area contributed by atoms with Gasteiger partial charge in [0.05, 0.1) is 6.04 Å². The Morgan fingerprint density at radius 2 is 1.80 bits per heavy atom. The van der Waals surface area contributed by atoms with E-state index in [4.69, 9.17) is 5.73 Å². The van der Waals surface area contributed by atoms with Crippen LogP contribution in [0.3, 0.4) is 0 Å². The topological polar surface area (TPSA) is 189 Å². The van der Waals surface area contributed by atoms with Crippen molar-refractivity contribution in [3.8, 4) is 11.4 Å². The average Bonchev–Trinajstić information content (AvgIpc) is 3.75. The van der Waals surface area contributed by atoms with E-state index in [0.29, 0.717) is 25.3 Å². The first-order valence-electron chi connectivity index (χ1n) is 14.6. The highest BCUT2D eigenvalue weighted by molar-refractivity contribution is 5.97. The molecular formula is C32H29N9O4. The number of aromatic nitrogens is 5. The monoisotopic (exact) mass is 603 g/mol. The van der Waals surface area contributed by atoms with Gasteiger partial charge in [-0.2, -0.15) is 5.10 Å². The molecule has 1 atom stereocenters. The van der Waals surface area contributed by atoms with E-state index in [-0.39, 0.29) is 41.3 Å². The molecule has 45 heavy (non-hydrogen) atoms. The Hall–Kier alpha value is -5.72. The molecule has 0 fully saturated rings. The van der Waals surface area contributed by atoms with Crippen molar-refractivity contribution >= 4 is 23.2 Å². The molecule has 3 aromatic carbocycles. The second-order valence-corrected chi connectivity index (χ2v) is 11.4. The smallest absolute Gasteiger partial charge is 0.270 e. The number of rotatable bonds is 7. The van der Waals surface area contributed by atoms with Gasteiger partial charge in [0.2, 0.25) is 0 Å². The molecule has 0 spiro atoms. The van der Waals surface area contributed by atoms with E-state index in [9.17, 15) is 19.2 Å². The summed E-state index contributed by atoms with van der Waals surface area (Å²) >= 11 is 0. The van der Waals surface area contributed by atoms with Crippen LogP contribution in [0.25, 0.3) is 11.4 Å². The zero-order valence-electron chi connectivity index (χ0n) is 24.4. The molecule has 0 saturated carbocycles. The predicted octanol–water partition coefficient (Wildman–Crippen LogP) is 1.66. The highest BCUT2D eigenvalue weighted by atomic mass is 16.2. The maximum absolute atomic E-state index is 13.2. The van der Waals surface area contributed by atoms with Crippen LogP contribution in [0.2, 0.25) is 0 Å². The number of hydrogen-bond acceptors (Lipinski definition) is 10. The first kappa shape index (κ1) is 28.1. The zero-order valence-corrected chi connectivity index (χ0v) is 24.4. The molecule has 0 unspecified atom stereocenters. The van der Waals surface area contributed by atoms with Crippen LogP contribution < -0.4 is 32.1 Å². The number of fused-ring (bicyclic) bond motifs is 2. The molecule has 1 aliphatic heterocycles. The summed E-state index contributed by atoms with van der Waals surface area (Å²) in [5.74, 6) is -0.122. The van der Waals surface area contributed by atoms with Crippen LogP contribution in [-0.4, -0.2) is 43.5 Å². The zero-order chi connectivity index (χ0) is 31.2. The van der Waals surface area contributed by atoms with Gasteiger partial charge in [-0.25, -0.2) is 15.0 Å². The van der Waals surface area contributed by atoms with Crippen LogP contribution in [0.5, 0.6) is 0 Å². The van der Waals surface area contributed by atoms with Gasteiger partial charge in [-0.3, -0.25) is 24.3 Å². The lowest BCUT2D eigenvalue weighted by molar-refractivity contribution is 0.0931. The number of anilines is 2. The minimum Gasteiger partial charge on any atom is -0.394 e.